The van der Waals surface area contributed by atoms with Crippen molar-refractivity contribution >= 4 is 86.1 Å². The van der Waals surface area contributed by atoms with Gasteiger partial charge in [0.2, 0.25) is 0 Å². The second-order valence-electron chi connectivity index (χ2n) is 11.9. The molecule has 2 nitrogen and oxygen atoms in total. The zero-order valence-corrected chi connectivity index (χ0v) is 26.0. The minimum Gasteiger partial charge on any atom is -0.398 e. The van der Waals surface area contributed by atoms with E-state index in [1.54, 1.807) is 0 Å². The smallest absolute Gasteiger partial charge is 0.0682 e. The molecule has 2 heterocycles. The van der Waals surface area contributed by atoms with Crippen LogP contribution >= 0.6 is 11.3 Å². The highest BCUT2D eigenvalue weighted by Gasteiger charge is 2.21. The van der Waals surface area contributed by atoms with Crippen LogP contribution in [0.2, 0.25) is 0 Å². The summed E-state index contributed by atoms with van der Waals surface area (Å²) in [5, 5.41) is 10.5. The molecular formula is C43H30N2S. The fourth-order valence-corrected chi connectivity index (χ4v) is 8.44. The second-order valence-corrected chi connectivity index (χ2v) is 12.9. The van der Waals surface area contributed by atoms with Crippen LogP contribution in [0.4, 0.5) is 0 Å². The van der Waals surface area contributed by atoms with E-state index < -0.39 is 0 Å². The van der Waals surface area contributed by atoms with E-state index in [1.807, 2.05) is 29.5 Å². The second kappa shape index (κ2) is 10.8. The maximum atomic E-state index is 6.70. The molecule has 0 unspecified atom stereocenters. The number of nitrogens with zero attached hydrogens (tertiary/aromatic N) is 1. The number of para-hydroxylation sites is 1. The molecule has 9 rings (SSSR count). The fraction of sp³-hybridized carbons (Fsp3) is 0.0233. The number of fused-ring (bicyclic) bond motifs is 12. The summed E-state index contributed by atoms with van der Waals surface area (Å²) in [7, 11) is 0. The van der Waals surface area contributed by atoms with Crippen LogP contribution in [-0.4, -0.2) is 4.57 Å². The molecule has 0 aliphatic rings. The van der Waals surface area contributed by atoms with Crippen molar-refractivity contribution < 1.29 is 0 Å². The summed E-state index contributed by atoms with van der Waals surface area (Å²) in [6.45, 7) is 0.704. The van der Waals surface area contributed by atoms with Gasteiger partial charge in [-0.1, -0.05) is 140 Å². The first-order valence-electron chi connectivity index (χ1n) is 15.7. The standard InChI is InChI=1S/C43H30N2S/c44-36(30-16-5-2-6-17-30)27-31(28-13-3-1-4-14-28)25-26-45-37-21-11-9-19-33(37)40-35-24-23-29-15-7-8-18-32(29)39(35)41-34-20-10-12-22-38(34)46-43(41)42(40)45/h1-25,27H,26,44H2/b31-25+,36-27-. The molecular weight excluding hydrogens is 577 g/mol. The SMILES string of the molecule is N/C(=C\C(=C/Cn1c2ccccc2c2c3ccc4ccccc4c3c3c4ccccc4sc3c21)c1ccccc1)c1ccccc1. The Morgan fingerprint density at radius 1 is 0.565 bits per heavy atom. The van der Waals surface area contributed by atoms with E-state index in [9.17, 15) is 0 Å². The van der Waals surface area contributed by atoms with E-state index in [-0.39, 0.29) is 0 Å². The highest BCUT2D eigenvalue weighted by Crippen LogP contribution is 2.48. The maximum absolute atomic E-state index is 6.70. The zero-order valence-electron chi connectivity index (χ0n) is 25.2. The Labute approximate surface area is 270 Å². The van der Waals surface area contributed by atoms with Crippen LogP contribution < -0.4 is 5.73 Å². The first-order chi connectivity index (χ1) is 22.8. The van der Waals surface area contributed by atoms with Gasteiger partial charge in [0.1, 0.15) is 0 Å². The third kappa shape index (κ3) is 4.17. The van der Waals surface area contributed by atoms with Crippen LogP contribution in [0.25, 0.3) is 74.8 Å². The molecule has 0 amide bonds. The zero-order chi connectivity index (χ0) is 30.6. The lowest BCUT2D eigenvalue weighted by Gasteiger charge is -2.12. The van der Waals surface area contributed by atoms with Crippen LogP contribution in [0.5, 0.6) is 0 Å². The van der Waals surface area contributed by atoms with Gasteiger partial charge in [-0.2, -0.15) is 0 Å². The number of hydrogen-bond donors (Lipinski definition) is 1. The Morgan fingerprint density at radius 2 is 1.22 bits per heavy atom. The van der Waals surface area contributed by atoms with Gasteiger partial charge >= 0.3 is 0 Å². The maximum Gasteiger partial charge on any atom is 0.0682 e. The first kappa shape index (κ1) is 26.7. The molecule has 9 aromatic rings. The molecule has 218 valence electrons. The van der Waals surface area contributed by atoms with Gasteiger partial charge in [-0.25, -0.2) is 0 Å². The molecule has 0 saturated carbocycles. The van der Waals surface area contributed by atoms with E-state index >= 15 is 0 Å². The molecule has 0 saturated heterocycles. The van der Waals surface area contributed by atoms with E-state index in [4.69, 9.17) is 5.73 Å². The number of hydrogen-bond acceptors (Lipinski definition) is 2. The Bertz CT molecular complexity index is 2660. The lowest BCUT2D eigenvalue weighted by atomic mass is 9.94. The Balaban J connectivity index is 1.38. The molecule has 0 aliphatic carbocycles. The van der Waals surface area contributed by atoms with Crippen molar-refractivity contribution in [3.05, 3.63) is 169 Å². The molecule has 0 aliphatic heterocycles. The number of nitrogens with two attached hydrogens (primary N) is 1. The topological polar surface area (TPSA) is 30.9 Å². The average Bonchev–Trinajstić information content (AvgIpc) is 3.67. The predicted molar refractivity (Wildman–Crippen MR) is 200 cm³/mol. The summed E-state index contributed by atoms with van der Waals surface area (Å²) in [6, 6.07) is 52.0. The van der Waals surface area contributed by atoms with Crippen molar-refractivity contribution in [2.24, 2.45) is 5.73 Å². The molecule has 3 heteroatoms. The van der Waals surface area contributed by atoms with Crippen molar-refractivity contribution in [2.75, 3.05) is 0 Å². The molecule has 7 aromatic carbocycles. The van der Waals surface area contributed by atoms with Crippen LogP contribution in [0.15, 0.2) is 158 Å². The normalized spacial score (nSPS) is 12.8. The summed E-state index contributed by atoms with van der Waals surface area (Å²) in [4.78, 5) is 0. The van der Waals surface area contributed by atoms with Crippen molar-refractivity contribution in [3.8, 4) is 0 Å². The minimum atomic E-state index is 0.704. The third-order valence-electron chi connectivity index (χ3n) is 9.25. The lowest BCUT2D eigenvalue weighted by Crippen LogP contribution is -1.99. The largest absolute Gasteiger partial charge is 0.398 e. The summed E-state index contributed by atoms with van der Waals surface area (Å²) >= 11 is 1.91. The van der Waals surface area contributed by atoms with Gasteiger partial charge in [0.05, 0.1) is 10.2 Å². The quantitative estimate of drug-likeness (QED) is 0.153. The molecule has 2 N–H and O–H groups in total. The third-order valence-corrected chi connectivity index (χ3v) is 10.4. The Kier molecular flexibility index (Phi) is 6.25. The summed E-state index contributed by atoms with van der Waals surface area (Å²) in [5.41, 5.74) is 13.3. The monoisotopic (exact) mass is 606 g/mol. The van der Waals surface area contributed by atoms with Crippen LogP contribution in [0, 0.1) is 0 Å². The molecule has 0 atom stereocenters. The summed E-state index contributed by atoms with van der Waals surface area (Å²) in [5.74, 6) is 0. The van der Waals surface area contributed by atoms with Crippen LogP contribution in [0.1, 0.15) is 11.1 Å². The highest BCUT2D eigenvalue weighted by molar-refractivity contribution is 7.27. The number of allylic oxidation sites excluding steroid dienone is 3. The summed E-state index contributed by atoms with van der Waals surface area (Å²) in [6.07, 6.45) is 4.45. The molecule has 46 heavy (non-hydrogen) atoms. The average molecular weight is 607 g/mol. The van der Waals surface area contributed by atoms with Gasteiger partial charge in [0.25, 0.3) is 0 Å². The van der Waals surface area contributed by atoms with Gasteiger partial charge in [-0.15, -0.1) is 11.3 Å². The number of aromatic nitrogens is 1. The molecule has 0 radical (unpaired) electrons. The molecule has 2 aromatic heterocycles. The fourth-order valence-electron chi connectivity index (χ4n) is 7.17. The number of thiophene rings is 1. The van der Waals surface area contributed by atoms with Crippen molar-refractivity contribution in [2.45, 2.75) is 6.54 Å². The van der Waals surface area contributed by atoms with Gasteiger partial charge in [-0.05, 0) is 56.5 Å². The van der Waals surface area contributed by atoms with Crippen molar-refractivity contribution in [1.82, 2.24) is 4.57 Å². The number of benzene rings is 7. The van der Waals surface area contributed by atoms with Gasteiger partial charge in [-0.3, -0.25) is 0 Å². The van der Waals surface area contributed by atoms with Crippen molar-refractivity contribution in [3.63, 3.8) is 0 Å². The first-order valence-corrected chi connectivity index (χ1v) is 16.5. The van der Waals surface area contributed by atoms with E-state index in [1.165, 1.54) is 63.5 Å². The van der Waals surface area contributed by atoms with Gasteiger partial charge < -0.3 is 10.3 Å². The number of rotatable bonds is 5. The van der Waals surface area contributed by atoms with Gasteiger partial charge in [0.15, 0.2) is 0 Å². The Hall–Kier alpha value is -5.64. The predicted octanol–water partition coefficient (Wildman–Crippen LogP) is 11.6. The molecule has 0 bridgehead atoms. The minimum absolute atomic E-state index is 0.704. The van der Waals surface area contributed by atoms with E-state index in [2.05, 4.69) is 144 Å². The van der Waals surface area contributed by atoms with E-state index in [0.717, 1.165) is 22.4 Å². The summed E-state index contributed by atoms with van der Waals surface area (Å²) < 4.78 is 5.17. The van der Waals surface area contributed by atoms with Crippen LogP contribution in [0.3, 0.4) is 0 Å². The van der Waals surface area contributed by atoms with E-state index in [0.29, 0.717) is 6.54 Å². The highest BCUT2D eigenvalue weighted by atomic mass is 32.1. The Morgan fingerprint density at radius 3 is 2.02 bits per heavy atom. The van der Waals surface area contributed by atoms with Crippen LogP contribution in [-0.2, 0) is 6.54 Å². The van der Waals surface area contributed by atoms with Crippen molar-refractivity contribution in [1.29, 1.82) is 0 Å². The lowest BCUT2D eigenvalue weighted by molar-refractivity contribution is 0.904. The molecule has 0 fully saturated rings. The van der Waals surface area contributed by atoms with Gasteiger partial charge in [0, 0.05) is 44.0 Å². The molecule has 0 spiro atoms.